The topological polar surface area (TPSA) is 43.8 Å². The van der Waals surface area contributed by atoms with Crippen molar-refractivity contribution in [2.45, 2.75) is 45.4 Å². The Hall–Kier alpha value is -1.77. The van der Waals surface area contributed by atoms with E-state index in [0.717, 1.165) is 22.9 Å². The lowest BCUT2D eigenvalue weighted by atomic mass is 10.0. The molecule has 1 aliphatic rings. The highest BCUT2D eigenvalue weighted by Crippen LogP contribution is 2.37. The minimum Gasteiger partial charge on any atom is -0.383 e. The van der Waals surface area contributed by atoms with Gasteiger partial charge in [0.1, 0.15) is 17.3 Å². The van der Waals surface area contributed by atoms with Crippen LogP contribution in [0.2, 0.25) is 0 Å². The highest BCUT2D eigenvalue weighted by Gasteiger charge is 2.24. The van der Waals surface area contributed by atoms with Crippen LogP contribution in [0, 0.1) is 13.8 Å². The van der Waals surface area contributed by atoms with Crippen molar-refractivity contribution in [3.05, 3.63) is 35.2 Å². The number of rotatable bonds is 2. The summed E-state index contributed by atoms with van der Waals surface area (Å²) < 4.78 is 2.08. The molecule has 3 nitrogen and oxygen atoms in total. The largest absolute Gasteiger partial charge is 0.383 e. The third kappa shape index (κ3) is 2.11. The van der Waals surface area contributed by atoms with Gasteiger partial charge in [-0.3, -0.25) is 0 Å². The molecule has 20 heavy (non-hydrogen) atoms. The number of nitrogens with two attached hydrogens (primary N) is 1. The van der Waals surface area contributed by atoms with Crippen molar-refractivity contribution >= 4 is 5.82 Å². The second-order valence-electron chi connectivity index (χ2n) is 6.04. The van der Waals surface area contributed by atoms with Crippen LogP contribution in [0.25, 0.3) is 11.3 Å². The van der Waals surface area contributed by atoms with Crippen molar-refractivity contribution < 1.29 is 0 Å². The number of aryl methyl sites for hydroxylation is 2. The Balaban J connectivity index is 2.05. The molecule has 1 aliphatic carbocycles. The maximum Gasteiger partial charge on any atom is 0.131 e. The number of hydrogen-bond donors (Lipinski definition) is 1. The Morgan fingerprint density at radius 2 is 1.85 bits per heavy atom. The molecule has 0 saturated heterocycles. The molecule has 1 fully saturated rings. The van der Waals surface area contributed by atoms with Crippen LogP contribution < -0.4 is 5.73 Å². The normalized spacial score (nSPS) is 15.9. The van der Waals surface area contributed by atoms with Crippen LogP contribution >= 0.6 is 0 Å². The van der Waals surface area contributed by atoms with E-state index in [1.165, 1.54) is 36.8 Å². The van der Waals surface area contributed by atoms with Crippen LogP contribution in [-0.2, 0) is 7.05 Å². The third-order valence-corrected chi connectivity index (χ3v) is 4.67. The fourth-order valence-corrected chi connectivity index (χ4v) is 3.18. The molecule has 1 aromatic heterocycles. The van der Waals surface area contributed by atoms with E-state index in [0.29, 0.717) is 5.92 Å². The second kappa shape index (κ2) is 4.97. The molecule has 0 spiro atoms. The first-order chi connectivity index (χ1) is 9.58. The molecule has 2 N–H and O–H groups in total. The van der Waals surface area contributed by atoms with Crippen LogP contribution in [0.1, 0.15) is 48.6 Å². The average molecular weight is 269 g/mol. The molecule has 2 aromatic rings. The molecule has 0 atom stereocenters. The zero-order valence-electron chi connectivity index (χ0n) is 12.6. The fourth-order valence-electron chi connectivity index (χ4n) is 3.18. The Morgan fingerprint density at radius 3 is 2.50 bits per heavy atom. The van der Waals surface area contributed by atoms with E-state index in [9.17, 15) is 0 Å². The van der Waals surface area contributed by atoms with E-state index in [1.54, 1.807) is 0 Å². The number of imidazole rings is 1. The summed E-state index contributed by atoms with van der Waals surface area (Å²) >= 11 is 0. The monoisotopic (exact) mass is 269 g/mol. The summed E-state index contributed by atoms with van der Waals surface area (Å²) in [5, 5.41) is 0. The second-order valence-corrected chi connectivity index (χ2v) is 6.04. The van der Waals surface area contributed by atoms with Gasteiger partial charge in [-0.1, -0.05) is 25.0 Å². The van der Waals surface area contributed by atoms with Crippen molar-refractivity contribution in [1.29, 1.82) is 0 Å². The van der Waals surface area contributed by atoms with Gasteiger partial charge in [-0.15, -0.1) is 0 Å². The molecule has 3 rings (SSSR count). The van der Waals surface area contributed by atoms with Crippen LogP contribution in [-0.4, -0.2) is 9.55 Å². The third-order valence-electron chi connectivity index (χ3n) is 4.67. The number of benzene rings is 1. The highest BCUT2D eigenvalue weighted by molar-refractivity contribution is 5.72. The van der Waals surface area contributed by atoms with Gasteiger partial charge in [-0.25, -0.2) is 4.98 Å². The fraction of sp³-hybridized carbons (Fsp3) is 0.471. The molecule has 3 heteroatoms. The standard InChI is InChI=1S/C17H23N3/c1-11-8-9-14(10-12(11)2)15-16(18)20(3)17(19-15)13-6-4-5-7-13/h8-10,13H,4-7,18H2,1-3H3. The van der Waals surface area contributed by atoms with Gasteiger partial charge in [0, 0.05) is 18.5 Å². The quantitative estimate of drug-likeness (QED) is 0.897. The molecule has 1 aromatic carbocycles. The minimum absolute atomic E-state index is 0.586. The molecule has 1 heterocycles. The Morgan fingerprint density at radius 1 is 1.15 bits per heavy atom. The Kier molecular flexibility index (Phi) is 3.28. The number of aromatic nitrogens is 2. The first-order valence-corrected chi connectivity index (χ1v) is 7.47. The lowest BCUT2D eigenvalue weighted by molar-refractivity contribution is 0.635. The lowest BCUT2D eigenvalue weighted by Crippen LogP contribution is -2.05. The van der Waals surface area contributed by atoms with Gasteiger partial charge in [0.05, 0.1) is 0 Å². The van der Waals surface area contributed by atoms with Gasteiger partial charge in [-0.05, 0) is 43.9 Å². The van der Waals surface area contributed by atoms with E-state index in [1.807, 2.05) is 7.05 Å². The number of anilines is 1. The zero-order chi connectivity index (χ0) is 14.3. The van der Waals surface area contributed by atoms with Gasteiger partial charge < -0.3 is 10.3 Å². The summed E-state index contributed by atoms with van der Waals surface area (Å²) in [6, 6.07) is 6.46. The van der Waals surface area contributed by atoms with E-state index in [2.05, 4.69) is 36.6 Å². The van der Waals surface area contributed by atoms with Gasteiger partial charge >= 0.3 is 0 Å². The molecule has 0 bridgehead atoms. The first kappa shape index (κ1) is 13.2. The minimum atomic E-state index is 0.586. The highest BCUT2D eigenvalue weighted by atomic mass is 15.1. The van der Waals surface area contributed by atoms with Gasteiger partial charge in [0.2, 0.25) is 0 Å². The number of hydrogen-bond acceptors (Lipinski definition) is 2. The van der Waals surface area contributed by atoms with E-state index in [-0.39, 0.29) is 0 Å². The van der Waals surface area contributed by atoms with Crippen LogP contribution in [0.5, 0.6) is 0 Å². The Bertz CT molecular complexity index is 634. The van der Waals surface area contributed by atoms with Gasteiger partial charge in [-0.2, -0.15) is 0 Å². The van der Waals surface area contributed by atoms with Crippen LogP contribution in [0.15, 0.2) is 18.2 Å². The molecule has 0 aliphatic heterocycles. The van der Waals surface area contributed by atoms with Crippen molar-refractivity contribution in [2.75, 3.05) is 5.73 Å². The van der Waals surface area contributed by atoms with Crippen molar-refractivity contribution in [2.24, 2.45) is 7.05 Å². The summed E-state index contributed by atoms with van der Waals surface area (Å²) in [6.45, 7) is 4.26. The van der Waals surface area contributed by atoms with Crippen molar-refractivity contribution in [3.8, 4) is 11.3 Å². The predicted octanol–water partition coefficient (Wildman–Crippen LogP) is 3.94. The van der Waals surface area contributed by atoms with Crippen molar-refractivity contribution in [3.63, 3.8) is 0 Å². The summed E-state index contributed by atoms with van der Waals surface area (Å²) in [4.78, 5) is 4.87. The SMILES string of the molecule is Cc1ccc(-c2nc(C3CCCC3)n(C)c2N)cc1C. The summed E-state index contributed by atoms with van der Waals surface area (Å²) in [5.74, 6) is 2.53. The molecule has 0 radical (unpaired) electrons. The number of nitrogens with zero attached hydrogens (tertiary/aromatic N) is 2. The van der Waals surface area contributed by atoms with E-state index < -0.39 is 0 Å². The molecule has 1 saturated carbocycles. The molecule has 106 valence electrons. The van der Waals surface area contributed by atoms with Crippen LogP contribution in [0.3, 0.4) is 0 Å². The Labute approximate surface area is 120 Å². The average Bonchev–Trinajstić information content (AvgIpc) is 3.04. The first-order valence-electron chi connectivity index (χ1n) is 7.47. The maximum atomic E-state index is 6.29. The summed E-state index contributed by atoms with van der Waals surface area (Å²) in [6.07, 6.45) is 5.13. The summed E-state index contributed by atoms with van der Waals surface area (Å²) in [5.41, 5.74) is 11.0. The molecular formula is C17H23N3. The molecular weight excluding hydrogens is 246 g/mol. The molecule has 0 unspecified atom stereocenters. The number of nitrogen functional groups attached to an aromatic ring is 1. The van der Waals surface area contributed by atoms with Gasteiger partial charge in [0.25, 0.3) is 0 Å². The van der Waals surface area contributed by atoms with E-state index in [4.69, 9.17) is 10.7 Å². The smallest absolute Gasteiger partial charge is 0.131 e. The lowest BCUT2D eigenvalue weighted by Gasteiger charge is -2.08. The molecule has 0 amide bonds. The summed E-state index contributed by atoms with van der Waals surface area (Å²) in [7, 11) is 2.04. The predicted molar refractivity (Wildman–Crippen MR) is 83.7 cm³/mol. The van der Waals surface area contributed by atoms with Gasteiger partial charge in [0.15, 0.2) is 0 Å². The maximum absolute atomic E-state index is 6.29. The zero-order valence-corrected chi connectivity index (χ0v) is 12.6. The van der Waals surface area contributed by atoms with Crippen molar-refractivity contribution in [1.82, 2.24) is 9.55 Å². The van der Waals surface area contributed by atoms with Crippen LogP contribution in [0.4, 0.5) is 5.82 Å². The van der Waals surface area contributed by atoms with E-state index >= 15 is 0 Å².